The number of carbonyl (C=O) groups is 1. The Labute approximate surface area is 131 Å². The SMILES string of the molecule is Cc1nn(C)c(N2CCN(C(=O)OC(C)(C)C)CC2)c1CO. The van der Waals surface area contributed by atoms with Crippen LogP contribution in [-0.4, -0.2) is 57.7 Å². The highest BCUT2D eigenvalue weighted by molar-refractivity contribution is 5.68. The molecule has 0 saturated carbocycles. The third kappa shape index (κ3) is 3.52. The van der Waals surface area contributed by atoms with Gasteiger partial charge in [0.25, 0.3) is 0 Å². The van der Waals surface area contributed by atoms with Crippen molar-refractivity contribution in [2.24, 2.45) is 7.05 Å². The molecule has 1 saturated heterocycles. The Hall–Kier alpha value is -1.76. The van der Waals surface area contributed by atoms with Crippen molar-refractivity contribution in [3.63, 3.8) is 0 Å². The van der Waals surface area contributed by atoms with E-state index in [-0.39, 0.29) is 12.7 Å². The van der Waals surface area contributed by atoms with Crippen LogP contribution in [0, 0.1) is 6.92 Å². The van der Waals surface area contributed by atoms with Crippen LogP contribution in [0.5, 0.6) is 0 Å². The van der Waals surface area contributed by atoms with Gasteiger partial charge in [0, 0.05) is 38.8 Å². The van der Waals surface area contributed by atoms with Crippen LogP contribution in [0.15, 0.2) is 0 Å². The summed E-state index contributed by atoms with van der Waals surface area (Å²) in [5.41, 5.74) is 1.22. The van der Waals surface area contributed by atoms with Crippen molar-refractivity contribution in [3.05, 3.63) is 11.3 Å². The highest BCUT2D eigenvalue weighted by Crippen LogP contribution is 2.24. The lowest BCUT2D eigenvalue weighted by Gasteiger charge is -2.36. The lowest BCUT2D eigenvalue weighted by atomic mass is 10.2. The van der Waals surface area contributed by atoms with E-state index in [0.717, 1.165) is 17.1 Å². The number of carbonyl (C=O) groups excluding carboxylic acids is 1. The highest BCUT2D eigenvalue weighted by Gasteiger charge is 2.28. The molecule has 1 amide bonds. The van der Waals surface area contributed by atoms with Gasteiger partial charge < -0.3 is 19.6 Å². The Bertz CT molecular complexity index is 540. The summed E-state index contributed by atoms with van der Waals surface area (Å²) in [4.78, 5) is 16.0. The third-order valence-corrected chi connectivity index (χ3v) is 3.70. The first-order chi connectivity index (χ1) is 10.2. The van der Waals surface area contributed by atoms with Crippen molar-refractivity contribution in [3.8, 4) is 0 Å². The van der Waals surface area contributed by atoms with Gasteiger partial charge in [-0.2, -0.15) is 5.10 Å². The Balaban J connectivity index is 2.02. The first kappa shape index (κ1) is 16.6. The van der Waals surface area contributed by atoms with E-state index < -0.39 is 5.60 Å². The minimum atomic E-state index is -0.475. The number of ether oxygens (including phenoxy) is 1. The molecule has 1 aromatic heterocycles. The molecule has 1 aliphatic rings. The predicted octanol–water partition coefficient (Wildman–Crippen LogP) is 1.28. The van der Waals surface area contributed by atoms with Gasteiger partial charge in [0.05, 0.1) is 12.3 Å². The molecule has 2 rings (SSSR count). The van der Waals surface area contributed by atoms with Gasteiger partial charge in [-0.3, -0.25) is 4.68 Å². The molecule has 7 nitrogen and oxygen atoms in total. The maximum atomic E-state index is 12.1. The molecule has 22 heavy (non-hydrogen) atoms. The standard InChI is InChI=1S/C15H26N4O3/c1-11-12(10-20)13(17(5)16-11)18-6-8-19(9-7-18)14(21)22-15(2,3)4/h20H,6-10H2,1-5H3. The predicted molar refractivity (Wildman–Crippen MR) is 83.9 cm³/mol. The van der Waals surface area contributed by atoms with Crippen LogP contribution in [0.25, 0.3) is 0 Å². The van der Waals surface area contributed by atoms with Crippen molar-refractivity contribution >= 4 is 11.9 Å². The van der Waals surface area contributed by atoms with E-state index >= 15 is 0 Å². The van der Waals surface area contributed by atoms with E-state index in [0.29, 0.717) is 26.2 Å². The Morgan fingerprint density at radius 1 is 1.27 bits per heavy atom. The summed E-state index contributed by atoms with van der Waals surface area (Å²) in [5.74, 6) is 0.934. The van der Waals surface area contributed by atoms with Crippen LogP contribution in [0.3, 0.4) is 0 Å². The fourth-order valence-corrected chi connectivity index (χ4v) is 2.70. The maximum Gasteiger partial charge on any atom is 0.410 e. The van der Waals surface area contributed by atoms with Crippen LogP contribution < -0.4 is 4.90 Å². The molecule has 2 heterocycles. The first-order valence-electron chi connectivity index (χ1n) is 7.59. The lowest BCUT2D eigenvalue weighted by molar-refractivity contribution is 0.0240. The number of hydrogen-bond acceptors (Lipinski definition) is 5. The molecule has 0 bridgehead atoms. The summed E-state index contributed by atoms with van der Waals surface area (Å²) < 4.78 is 7.20. The molecular formula is C15H26N4O3. The molecule has 1 N–H and O–H groups in total. The van der Waals surface area contributed by atoms with Gasteiger partial charge >= 0.3 is 6.09 Å². The molecule has 0 radical (unpaired) electrons. The van der Waals surface area contributed by atoms with Gasteiger partial charge in [0.15, 0.2) is 0 Å². The highest BCUT2D eigenvalue weighted by atomic mass is 16.6. The van der Waals surface area contributed by atoms with E-state index in [1.54, 1.807) is 9.58 Å². The number of aliphatic hydroxyl groups is 1. The molecule has 0 unspecified atom stereocenters. The quantitative estimate of drug-likeness (QED) is 0.891. The molecule has 0 aliphatic carbocycles. The summed E-state index contributed by atoms with van der Waals surface area (Å²) in [6.07, 6.45) is -0.268. The normalized spacial score (nSPS) is 16.1. The smallest absolute Gasteiger partial charge is 0.410 e. The van der Waals surface area contributed by atoms with Crippen LogP contribution in [0.2, 0.25) is 0 Å². The lowest BCUT2D eigenvalue weighted by Crippen LogP contribution is -2.50. The number of rotatable bonds is 2. The first-order valence-corrected chi connectivity index (χ1v) is 7.59. The van der Waals surface area contributed by atoms with Crippen LogP contribution in [0.1, 0.15) is 32.0 Å². The number of aryl methyl sites for hydroxylation is 2. The molecule has 1 aliphatic heterocycles. The van der Waals surface area contributed by atoms with Crippen molar-refractivity contribution in [1.29, 1.82) is 0 Å². The molecule has 0 spiro atoms. The topological polar surface area (TPSA) is 70.8 Å². The average Bonchev–Trinajstić information content (AvgIpc) is 2.71. The number of hydrogen-bond donors (Lipinski definition) is 1. The van der Waals surface area contributed by atoms with Gasteiger partial charge in [-0.25, -0.2) is 4.79 Å². The van der Waals surface area contributed by atoms with Crippen molar-refractivity contribution < 1.29 is 14.6 Å². The van der Waals surface area contributed by atoms with Gasteiger partial charge in [-0.1, -0.05) is 0 Å². The van der Waals surface area contributed by atoms with E-state index in [4.69, 9.17) is 4.74 Å². The second-order valence-electron chi connectivity index (χ2n) is 6.62. The van der Waals surface area contributed by atoms with Gasteiger partial charge in [0.1, 0.15) is 11.4 Å². The zero-order valence-electron chi connectivity index (χ0n) is 14.1. The summed E-state index contributed by atoms with van der Waals surface area (Å²) in [7, 11) is 1.88. The van der Waals surface area contributed by atoms with E-state index in [9.17, 15) is 9.90 Å². The third-order valence-electron chi connectivity index (χ3n) is 3.70. The number of anilines is 1. The monoisotopic (exact) mass is 310 g/mol. The zero-order chi connectivity index (χ0) is 16.5. The minimum Gasteiger partial charge on any atom is -0.444 e. The second kappa shape index (κ2) is 6.16. The second-order valence-corrected chi connectivity index (χ2v) is 6.62. The van der Waals surface area contributed by atoms with Gasteiger partial charge in [-0.15, -0.1) is 0 Å². The fraction of sp³-hybridized carbons (Fsp3) is 0.733. The minimum absolute atomic E-state index is 0.0265. The number of aliphatic hydroxyl groups excluding tert-OH is 1. The summed E-state index contributed by atoms with van der Waals surface area (Å²) in [6.45, 7) is 10.1. The van der Waals surface area contributed by atoms with E-state index in [1.165, 1.54) is 0 Å². The molecule has 0 aromatic carbocycles. The molecule has 1 fully saturated rings. The Morgan fingerprint density at radius 2 is 1.86 bits per heavy atom. The van der Waals surface area contributed by atoms with Crippen LogP contribution >= 0.6 is 0 Å². The summed E-state index contributed by atoms with van der Waals surface area (Å²) in [5, 5.41) is 13.9. The summed E-state index contributed by atoms with van der Waals surface area (Å²) in [6, 6.07) is 0. The largest absolute Gasteiger partial charge is 0.444 e. The number of piperazine rings is 1. The molecule has 0 atom stereocenters. The Kier molecular flexibility index (Phi) is 4.65. The van der Waals surface area contributed by atoms with Crippen LogP contribution in [0.4, 0.5) is 10.6 Å². The van der Waals surface area contributed by atoms with Crippen molar-refractivity contribution in [1.82, 2.24) is 14.7 Å². The zero-order valence-corrected chi connectivity index (χ0v) is 14.1. The van der Waals surface area contributed by atoms with Crippen molar-refractivity contribution in [2.75, 3.05) is 31.1 Å². The maximum absolute atomic E-state index is 12.1. The molecular weight excluding hydrogens is 284 g/mol. The van der Waals surface area contributed by atoms with E-state index in [2.05, 4.69) is 10.00 Å². The molecule has 124 valence electrons. The van der Waals surface area contributed by atoms with E-state index in [1.807, 2.05) is 34.7 Å². The molecule has 7 heteroatoms. The number of nitrogens with zero attached hydrogens (tertiary/aromatic N) is 4. The average molecular weight is 310 g/mol. The Morgan fingerprint density at radius 3 is 2.36 bits per heavy atom. The van der Waals surface area contributed by atoms with Crippen molar-refractivity contribution in [2.45, 2.75) is 39.9 Å². The molecule has 1 aromatic rings. The van der Waals surface area contributed by atoms with Gasteiger partial charge in [-0.05, 0) is 27.7 Å². The number of amides is 1. The van der Waals surface area contributed by atoms with Gasteiger partial charge in [0.2, 0.25) is 0 Å². The summed E-state index contributed by atoms with van der Waals surface area (Å²) >= 11 is 0. The fourth-order valence-electron chi connectivity index (χ4n) is 2.70. The number of aromatic nitrogens is 2. The van der Waals surface area contributed by atoms with Crippen LogP contribution in [-0.2, 0) is 18.4 Å².